The number of hydrogen-bond acceptors (Lipinski definition) is 4. The lowest BCUT2D eigenvalue weighted by Crippen LogP contribution is -2.58. The van der Waals surface area contributed by atoms with Crippen molar-refractivity contribution in [3.63, 3.8) is 0 Å². The highest BCUT2D eigenvalue weighted by molar-refractivity contribution is 5.86. The Kier molecular flexibility index (Phi) is 4.96. The Hall–Kier alpha value is -1.07. The van der Waals surface area contributed by atoms with Gasteiger partial charge >= 0.3 is 0 Å². The van der Waals surface area contributed by atoms with Crippen molar-refractivity contribution in [3.8, 4) is 0 Å². The molecule has 0 bridgehead atoms. The first kappa shape index (κ1) is 14.0. The van der Waals surface area contributed by atoms with Gasteiger partial charge in [0.25, 0.3) is 0 Å². The second-order valence-corrected chi connectivity index (χ2v) is 4.83. The molecule has 0 aromatic carbocycles. The van der Waals surface area contributed by atoms with Crippen LogP contribution in [0.1, 0.15) is 20.8 Å². The molecular weight excluding hydrogens is 218 g/mol. The molecule has 0 aliphatic carbocycles. The predicted octanol–water partition coefficient (Wildman–Crippen LogP) is 0.0743. The van der Waals surface area contributed by atoms with E-state index in [-0.39, 0.29) is 11.9 Å². The molecule has 0 aromatic heterocycles. The standard InChI is InChI=1S/C12H23N3O2/c1-10-9-17-8-7-15(10)11(16)12(2,3)14-6-4-5-13/h4,6,10,14H,5,7-9,13H2,1-3H3/b6-4-/t10-/m0/s1. The minimum absolute atomic E-state index is 0.0926. The van der Waals surface area contributed by atoms with Crippen LogP contribution >= 0.6 is 0 Å². The molecular formula is C12H23N3O2. The van der Waals surface area contributed by atoms with E-state index in [4.69, 9.17) is 10.5 Å². The van der Waals surface area contributed by atoms with Crippen LogP contribution in [-0.4, -0.2) is 48.7 Å². The normalized spacial score (nSPS) is 21.9. The summed E-state index contributed by atoms with van der Waals surface area (Å²) in [4.78, 5) is 14.2. The van der Waals surface area contributed by atoms with Gasteiger partial charge in [0.1, 0.15) is 5.54 Å². The van der Waals surface area contributed by atoms with Gasteiger partial charge in [-0.05, 0) is 27.0 Å². The summed E-state index contributed by atoms with van der Waals surface area (Å²) in [7, 11) is 0. The Labute approximate surface area is 103 Å². The van der Waals surface area contributed by atoms with Gasteiger partial charge in [0.05, 0.1) is 19.3 Å². The molecule has 0 aromatic rings. The van der Waals surface area contributed by atoms with E-state index in [9.17, 15) is 4.79 Å². The van der Waals surface area contributed by atoms with Crippen LogP contribution in [0.4, 0.5) is 0 Å². The maximum Gasteiger partial charge on any atom is 0.248 e. The van der Waals surface area contributed by atoms with E-state index in [2.05, 4.69) is 5.32 Å². The summed E-state index contributed by atoms with van der Waals surface area (Å²) in [6.07, 6.45) is 3.53. The summed E-state index contributed by atoms with van der Waals surface area (Å²) in [5.41, 5.74) is 4.75. The summed E-state index contributed by atoms with van der Waals surface area (Å²) in [6.45, 7) is 8.10. The van der Waals surface area contributed by atoms with Crippen molar-refractivity contribution in [2.75, 3.05) is 26.3 Å². The van der Waals surface area contributed by atoms with Crippen molar-refractivity contribution < 1.29 is 9.53 Å². The van der Waals surface area contributed by atoms with E-state index in [1.807, 2.05) is 25.7 Å². The molecule has 0 spiro atoms. The summed E-state index contributed by atoms with van der Waals surface area (Å²) in [5.74, 6) is 0.0926. The number of nitrogens with zero attached hydrogens (tertiary/aromatic N) is 1. The van der Waals surface area contributed by atoms with E-state index < -0.39 is 5.54 Å². The lowest BCUT2D eigenvalue weighted by Gasteiger charge is -2.38. The van der Waals surface area contributed by atoms with Gasteiger partial charge in [-0.25, -0.2) is 0 Å². The van der Waals surface area contributed by atoms with Gasteiger partial charge in [-0.3, -0.25) is 4.79 Å². The molecule has 0 unspecified atom stereocenters. The third kappa shape index (κ3) is 3.71. The lowest BCUT2D eigenvalue weighted by atomic mass is 10.0. The van der Waals surface area contributed by atoms with E-state index in [1.165, 1.54) is 0 Å². The molecule has 1 rings (SSSR count). The average molecular weight is 241 g/mol. The number of amides is 1. The number of morpholine rings is 1. The Morgan fingerprint density at radius 3 is 2.94 bits per heavy atom. The largest absolute Gasteiger partial charge is 0.378 e. The number of carbonyl (C=O) groups excluding carboxylic acids is 1. The summed E-state index contributed by atoms with van der Waals surface area (Å²) >= 11 is 0. The first-order valence-corrected chi connectivity index (χ1v) is 6.00. The number of nitrogens with two attached hydrogens (primary N) is 1. The monoisotopic (exact) mass is 241 g/mol. The SMILES string of the molecule is C[C@H]1COCCN1C(=O)C(C)(C)N/C=C\CN. The zero-order chi connectivity index (χ0) is 12.9. The maximum atomic E-state index is 12.4. The molecule has 3 N–H and O–H groups in total. The van der Waals surface area contributed by atoms with E-state index in [0.29, 0.717) is 26.3 Å². The fourth-order valence-electron chi connectivity index (χ4n) is 1.78. The summed E-state index contributed by atoms with van der Waals surface area (Å²) in [5, 5.41) is 3.08. The number of nitrogens with one attached hydrogen (secondary N) is 1. The van der Waals surface area contributed by atoms with Crippen LogP contribution in [0, 0.1) is 0 Å². The minimum atomic E-state index is -0.614. The van der Waals surface area contributed by atoms with E-state index in [1.54, 1.807) is 12.3 Å². The van der Waals surface area contributed by atoms with Gasteiger partial charge in [-0.1, -0.05) is 6.08 Å². The molecule has 17 heavy (non-hydrogen) atoms. The molecule has 1 amide bonds. The minimum Gasteiger partial charge on any atom is -0.378 e. The molecule has 1 fully saturated rings. The summed E-state index contributed by atoms with van der Waals surface area (Å²) in [6, 6.07) is 0.135. The average Bonchev–Trinajstić information content (AvgIpc) is 2.29. The van der Waals surface area contributed by atoms with Crippen LogP contribution < -0.4 is 11.1 Å². The third-order valence-electron chi connectivity index (χ3n) is 2.86. The highest BCUT2D eigenvalue weighted by Crippen LogP contribution is 2.14. The van der Waals surface area contributed by atoms with Gasteiger partial charge in [-0.2, -0.15) is 0 Å². The smallest absolute Gasteiger partial charge is 0.248 e. The van der Waals surface area contributed by atoms with Gasteiger partial charge in [0.2, 0.25) is 5.91 Å². The Morgan fingerprint density at radius 1 is 1.65 bits per heavy atom. The molecule has 0 saturated carbocycles. The lowest BCUT2D eigenvalue weighted by molar-refractivity contribution is -0.144. The van der Waals surface area contributed by atoms with Crippen molar-refractivity contribution in [3.05, 3.63) is 12.3 Å². The Balaban J connectivity index is 2.62. The van der Waals surface area contributed by atoms with Crippen LogP contribution in [0.2, 0.25) is 0 Å². The zero-order valence-electron chi connectivity index (χ0n) is 10.9. The Morgan fingerprint density at radius 2 is 2.35 bits per heavy atom. The number of rotatable bonds is 4. The first-order chi connectivity index (χ1) is 7.99. The van der Waals surface area contributed by atoms with Crippen LogP contribution in [-0.2, 0) is 9.53 Å². The second-order valence-electron chi connectivity index (χ2n) is 4.83. The van der Waals surface area contributed by atoms with E-state index in [0.717, 1.165) is 0 Å². The number of carbonyl (C=O) groups is 1. The Bertz CT molecular complexity index is 289. The molecule has 1 saturated heterocycles. The number of ether oxygens (including phenoxy) is 1. The molecule has 0 radical (unpaired) electrons. The van der Waals surface area contributed by atoms with E-state index >= 15 is 0 Å². The molecule has 1 heterocycles. The maximum absolute atomic E-state index is 12.4. The number of hydrogen-bond donors (Lipinski definition) is 2. The highest BCUT2D eigenvalue weighted by atomic mass is 16.5. The zero-order valence-corrected chi connectivity index (χ0v) is 10.9. The fourth-order valence-corrected chi connectivity index (χ4v) is 1.78. The molecule has 1 aliphatic rings. The molecule has 5 heteroatoms. The molecule has 1 aliphatic heterocycles. The van der Waals surface area contributed by atoms with Gasteiger partial charge < -0.3 is 20.7 Å². The summed E-state index contributed by atoms with van der Waals surface area (Å²) < 4.78 is 5.33. The fraction of sp³-hybridized carbons (Fsp3) is 0.750. The first-order valence-electron chi connectivity index (χ1n) is 6.00. The molecule has 5 nitrogen and oxygen atoms in total. The second kappa shape index (κ2) is 6.02. The van der Waals surface area contributed by atoms with Crippen LogP contribution in [0.25, 0.3) is 0 Å². The van der Waals surface area contributed by atoms with Crippen molar-refractivity contribution in [2.45, 2.75) is 32.4 Å². The van der Waals surface area contributed by atoms with Crippen molar-refractivity contribution in [1.29, 1.82) is 0 Å². The van der Waals surface area contributed by atoms with Gasteiger partial charge in [0, 0.05) is 13.1 Å². The van der Waals surface area contributed by atoms with Gasteiger partial charge in [0.15, 0.2) is 0 Å². The van der Waals surface area contributed by atoms with Gasteiger partial charge in [-0.15, -0.1) is 0 Å². The quantitative estimate of drug-likeness (QED) is 0.731. The van der Waals surface area contributed by atoms with Crippen LogP contribution in [0.15, 0.2) is 12.3 Å². The highest BCUT2D eigenvalue weighted by Gasteiger charge is 2.34. The van der Waals surface area contributed by atoms with Crippen molar-refractivity contribution in [2.24, 2.45) is 5.73 Å². The van der Waals surface area contributed by atoms with Crippen LogP contribution in [0.3, 0.4) is 0 Å². The molecule has 98 valence electrons. The van der Waals surface area contributed by atoms with Crippen molar-refractivity contribution >= 4 is 5.91 Å². The third-order valence-corrected chi connectivity index (χ3v) is 2.86. The van der Waals surface area contributed by atoms with Crippen molar-refractivity contribution in [1.82, 2.24) is 10.2 Å². The predicted molar refractivity (Wildman–Crippen MR) is 67.4 cm³/mol. The molecule has 1 atom stereocenters. The van der Waals surface area contributed by atoms with Crippen LogP contribution in [0.5, 0.6) is 0 Å². The topological polar surface area (TPSA) is 67.6 Å².